The van der Waals surface area contributed by atoms with Crippen molar-refractivity contribution in [1.82, 2.24) is 0 Å². The maximum absolute atomic E-state index is 12.3. The van der Waals surface area contributed by atoms with Gasteiger partial charge >= 0.3 is 0 Å². The lowest BCUT2D eigenvalue weighted by Gasteiger charge is -2.10. The summed E-state index contributed by atoms with van der Waals surface area (Å²) in [5, 5.41) is 13.5. The topological polar surface area (TPSA) is 81.5 Å². The predicted octanol–water partition coefficient (Wildman–Crippen LogP) is 3.97. The Labute approximate surface area is 138 Å². The third-order valence-corrected chi connectivity index (χ3v) is 3.93. The molecule has 0 aliphatic rings. The number of nitrogens with one attached hydrogen (secondary N) is 1. The number of rotatable bonds is 6. The Morgan fingerprint density at radius 1 is 1.30 bits per heavy atom. The molecule has 6 nitrogen and oxygen atoms in total. The molecule has 23 heavy (non-hydrogen) atoms. The van der Waals surface area contributed by atoms with E-state index < -0.39 is 4.92 Å². The van der Waals surface area contributed by atoms with Gasteiger partial charge in [0.2, 0.25) is 0 Å². The molecule has 2 rings (SSSR count). The Morgan fingerprint density at radius 3 is 2.74 bits per heavy atom. The molecule has 0 unspecified atom stereocenters. The highest BCUT2D eigenvalue weighted by Crippen LogP contribution is 2.29. The largest absolute Gasteiger partial charge is 0.494 e. The summed E-state index contributed by atoms with van der Waals surface area (Å²) in [4.78, 5) is 23.6. The lowest BCUT2D eigenvalue weighted by atomic mass is 10.2. The second-order valence-corrected chi connectivity index (χ2v) is 5.89. The van der Waals surface area contributed by atoms with Crippen molar-refractivity contribution in [2.45, 2.75) is 11.8 Å². The van der Waals surface area contributed by atoms with Gasteiger partial charge in [0.25, 0.3) is 11.6 Å². The molecule has 0 aliphatic heterocycles. The molecular weight excluding hydrogens is 316 g/mol. The quantitative estimate of drug-likeness (QED) is 0.492. The zero-order valence-electron chi connectivity index (χ0n) is 12.7. The third-order valence-electron chi connectivity index (χ3n) is 3.05. The number of ether oxygens (including phenoxy) is 1. The number of nitrogens with zero attached hydrogens (tertiary/aromatic N) is 1. The molecule has 120 valence electrons. The number of nitro benzene ring substituents is 1. The second-order valence-electron chi connectivity index (χ2n) is 4.56. The van der Waals surface area contributed by atoms with E-state index in [-0.39, 0.29) is 17.3 Å². The van der Waals surface area contributed by atoms with Crippen molar-refractivity contribution in [3.8, 4) is 5.75 Å². The van der Waals surface area contributed by atoms with Crippen molar-refractivity contribution in [3.05, 3.63) is 58.1 Å². The Morgan fingerprint density at radius 2 is 2.09 bits per heavy atom. The van der Waals surface area contributed by atoms with Crippen LogP contribution in [0.15, 0.2) is 47.4 Å². The summed E-state index contributed by atoms with van der Waals surface area (Å²) in [7, 11) is 1.40. The molecule has 0 saturated heterocycles. The Bertz CT molecular complexity index is 734. The Hall–Kier alpha value is -2.54. The molecule has 0 spiro atoms. The predicted molar refractivity (Wildman–Crippen MR) is 90.4 cm³/mol. The highest BCUT2D eigenvalue weighted by molar-refractivity contribution is 7.99. The van der Waals surface area contributed by atoms with Gasteiger partial charge in [-0.15, -0.1) is 11.8 Å². The van der Waals surface area contributed by atoms with Crippen LogP contribution < -0.4 is 10.1 Å². The van der Waals surface area contributed by atoms with Crippen LogP contribution >= 0.6 is 11.8 Å². The minimum atomic E-state index is -0.514. The van der Waals surface area contributed by atoms with Crippen LogP contribution in [0.5, 0.6) is 5.75 Å². The number of thioether (sulfide) groups is 1. The second kappa shape index (κ2) is 7.64. The lowest BCUT2D eigenvalue weighted by molar-refractivity contribution is -0.384. The molecule has 1 amide bonds. The van der Waals surface area contributed by atoms with Gasteiger partial charge in [0.15, 0.2) is 0 Å². The Balaban J connectivity index is 2.23. The van der Waals surface area contributed by atoms with Crippen molar-refractivity contribution in [1.29, 1.82) is 0 Å². The first kappa shape index (κ1) is 16.8. The fourth-order valence-electron chi connectivity index (χ4n) is 1.99. The summed E-state index contributed by atoms with van der Waals surface area (Å²) in [5.41, 5.74) is 0.807. The average molecular weight is 332 g/mol. The normalized spacial score (nSPS) is 10.2. The molecule has 2 aromatic carbocycles. The number of carbonyl (C=O) groups excluding carboxylic acids is 1. The number of amides is 1. The van der Waals surface area contributed by atoms with Gasteiger partial charge in [-0.05, 0) is 30.0 Å². The van der Waals surface area contributed by atoms with E-state index in [2.05, 4.69) is 5.32 Å². The summed E-state index contributed by atoms with van der Waals surface area (Å²) in [6.07, 6.45) is 0. The highest BCUT2D eigenvalue weighted by Gasteiger charge is 2.14. The van der Waals surface area contributed by atoms with Gasteiger partial charge in [0.1, 0.15) is 5.75 Å². The molecule has 7 heteroatoms. The summed E-state index contributed by atoms with van der Waals surface area (Å²) < 4.78 is 5.11. The van der Waals surface area contributed by atoms with E-state index in [9.17, 15) is 14.9 Å². The number of hydrogen-bond donors (Lipinski definition) is 1. The van der Waals surface area contributed by atoms with E-state index >= 15 is 0 Å². The first-order chi connectivity index (χ1) is 11.0. The van der Waals surface area contributed by atoms with E-state index in [1.807, 2.05) is 19.1 Å². The van der Waals surface area contributed by atoms with Crippen LogP contribution in [0.2, 0.25) is 0 Å². The van der Waals surface area contributed by atoms with E-state index in [0.717, 1.165) is 10.6 Å². The first-order valence-corrected chi connectivity index (χ1v) is 7.90. The van der Waals surface area contributed by atoms with Gasteiger partial charge in [-0.3, -0.25) is 14.9 Å². The molecule has 0 aliphatic carbocycles. The number of anilines is 1. The molecule has 0 heterocycles. The lowest BCUT2D eigenvalue weighted by Crippen LogP contribution is -2.12. The molecular formula is C16H16N2O4S. The van der Waals surface area contributed by atoms with Crippen LogP contribution in [0.1, 0.15) is 17.3 Å². The van der Waals surface area contributed by atoms with Crippen molar-refractivity contribution >= 4 is 29.0 Å². The minimum Gasteiger partial charge on any atom is -0.494 e. The molecule has 0 atom stereocenters. The van der Waals surface area contributed by atoms with Crippen LogP contribution in [0.3, 0.4) is 0 Å². The van der Waals surface area contributed by atoms with E-state index in [1.54, 1.807) is 23.9 Å². The highest BCUT2D eigenvalue weighted by atomic mass is 32.2. The monoisotopic (exact) mass is 332 g/mol. The maximum atomic E-state index is 12.3. The zero-order chi connectivity index (χ0) is 16.8. The SMILES string of the molecule is CCSc1cccc(C(=O)Nc2ccc([N+](=O)[O-])cc2OC)c1. The van der Waals surface area contributed by atoms with Crippen LogP contribution in [-0.2, 0) is 0 Å². The van der Waals surface area contributed by atoms with Gasteiger partial charge in [0, 0.05) is 16.5 Å². The van der Waals surface area contributed by atoms with Crippen LogP contribution in [0.25, 0.3) is 0 Å². The summed E-state index contributed by atoms with van der Waals surface area (Å²) in [6, 6.07) is 11.3. The summed E-state index contributed by atoms with van der Waals surface area (Å²) in [6.45, 7) is 2.04. The van der Waals surface area contributed by atoms with Gasteiger partial charge in [-0.25, -0.2) is 0 Å². The third kappa shape index (κ3) is 4.23. The number of carbonyl (C=O) groups is 1. The van der Waals surface area contributed by atoms with Crippen molar-refractivity contribution < 1.29 is 14.5 Å². The van der Waals surface area contributed by atoms with E-state index in [0.29, 0.717) is 11.3 Å². The number of nitro groups is 1. The van der Waals surface area contributed by atoms with Gasteiger partial charge < -0.3 is 10.1 Å². The van der Waals surface area contributed by atoms with Crippen LogP contribution in [0.4, 0.5) is 11.4 Å². The first-order valence-electron chi connectivity index (χ1n) is 6.91. The number of benzene rings is 2. The molecule has 2 aromatic rings. The van der Waals surface area contributed by atoms with Crippen molar-refractivity contribution in [3.63, 3.8) is 0 Å². The number of methoxy groups -OCH3 is 1. The standard InChI is InChI=1S/C16H16N2O4S/c1-3-23-13-6-4-5-11(9-13)16(19)17-14-8-7-12(18(20)21)10-15(14)22-2/h4-10H,3H2,1-2H3,(H,17,19). The molecule has 0 bridgehead atoms. The van der Waals surface area contributed by atoms with Gasteiger partial charge in [0.05, 0.1) is 23.8 Å². The van der Waals surface area contributed by atoms with Crippen LogP contribution in [-0.4, -0.2) is 23.7 Å². The molecule has 1 N–H and O–H groups in total. The van der Waals surface area contributed by atoms with Gasteiger partial charge in [-0.2, -0.15) is 0 Å². The van der Waals surface area contributed by atoms with E-state index in [1.165, 1.54) is 25.3 Å². The summed E-state index contributed by atoms with van der Waals surface area (Å²) in [5.74, 6) is 0.865. The van der Waals surface area contributed by atoms with Gasteiger partial charge in [-0.1, -0.05) is 13.0 Å². The molecule has 0 aromatic heterocycles. The smallest absolute Gasteiger partial charge is 0.273 e. The fraction of sp³-hybridized carbons (Fsp3) is 0.188. The minimum absolute atomic E-state index is 0.0961. The average Bonchev–Trinajstić information content (AvgIpc) is 2.55. The molecule has 0 fully saturated rings. The fourth-order valence-corrected chi connectivity index (χ4v) is 2.70. The molecule has 0 radical (unpaired) electrons. The maximum Gasteiger partial charge on any atom is 0.273 e. The van der Waals surface area contributed by atoms with Crippen LogP contribution in [0, 0.1) is 10.1 Å². The Kier molecular flexibility index (Phi) is 5.59. The van der Waals surface area contributed by atoms with Crippen molar-refractivity contribution in [2.75, 3.05) is 18.2 Å². The van der Waals surface area contributed by atoms with E-state index in [4.69, 9.17) is 4.74 Å². The number of hydrogen-bond acceptors (Lipinski definition) is 5. The number of non-ortho nitro benzene ring substituents is 1. The summed E-state index contributed by atoms with van der Waals surface area (Å²) >= 11 is 1.65. The molecule has 0 saturated carbocycles. The van der Waals surface area contributed by atoms with Crippen molar-refractivity contribution in [2.24, 2.45) is 0 Å². The zero-order valence-corrected chi connectivity index (χ0v) is 13.6.